The van der Waals surface area contributed by atoms with E-state index in [1.54, 1.807) is 18.3 Å². The van der Waals surface area contributed by atoms with Crippen molar-refractivity contribution >= 4 is 22.3 Å². The molecule has 0 bridgehead atoms. The summed E-state index contributed by atoms with van der Waals surface area (Å²) >= 11 is 1.69. The van der Waals surface area contributed by atoms with Gasteiger partial charge < -0.3 is 4.90 Å². The zero-order chi connectivity index (χ0) is 13.2. The van der Waals surface area contributed by atoms with E-state index >= 15 is 0 Å². The van der Waals surface area contributed by atoms with Gasteiger partial charge in [0.1, 0.15) is 5.78 Å². The van der Waals surface area contributed by atoms with E-state index in [4.69, 9.17) is 0 Å². The van der Waals surface area contributed by atoms with Crippen molar-refractivity contribution in [2.75, 3.05) is 37.6 Å². The third-order valence-corrected chi connectivity index (χ3v) is 4.47. The third kappa shape index (κ3) is 3.09. The fourth-order valence-electron chi connectivity index (χ4n) is 2.14. The number of thiazole rings is 1. The lowest BCUT2D eigenvalue weighted by Crippen LogP contribution is -2.50. The lowest BCUT2D eigenvalue weighted by Gasteiger charge is -2.38. The number of anilines is 1. The molecule has 1 aromatic rings. The molecule has 0 radical (unpaired) electrons. The van der Waals surface area contributed by atoms with E-state index in [0.29, 0.717) is 0 Å². The molecule has 18 heavy (non-hydrogen) atoms. The highest BCUT2D eigenvalue weighted by atomic mass is 32.1. The zero-order valence-electron chi connectivity index (χ0n) is 11.3. The van der Waals surface area contributed by atoms with Crippen LogP contribution in [-0.4, -0.2) is 48.4 Å². The molecular formula is C13H21N3OS. The Labute approximate surface area is 113 Å². The first kappa shape index (κ1) is 13.5. The Hall–Kier alpha value is -0.940. The van der Waals surface area contributed by atoms with E-state index in [9.17, 15) is 4.79 Å². The predicted molar refractivity (Wildman–Crippen MR) is 75.2 cm³/mol. The van der Waals surface area contributed by atoms with Gasteiger partial charge in [-0.2, -0.15) is 0 Å². The summed E-state index contributed by atoms with van der Waals surface area (Å²) in [6.45, 7) is 10.6. The summed E-state index contributed by atoms with van der Waals surface area (Å²) in [6.07, 6.45) is 1.85. The van der Waals surface area contributed by atoms with Crippen LogP contribution in [-0.2, 0) is 4.79 Å². The summed E-state index contributed by atoms with van der Waals surface area (Å²) in [6, 6.07) is 0. The molecule has 0 amide bonds. The van der Waals surface area contributed by atoms with E-state index < -0.39 is 0 Å². The number of ketones is 1. The Morgan fingerprint density at radius 2 is 2.06 bits per heavy atom. The number of hydrogen-bond donors (Lipinski definition) is 0. The van der Waals surface area contributed by atoms with Gasteiger partial charge in [0.2, 0.25) is 0 Å². The molecule has 2 heterocycles. The van der Waals surface area contributed by atoms with Gasteiger partial charge in [0.25, 0.3) is 0 Å². The summed E-state index contributed by atoms with van der Waals surface area (Å²) in [5, 5.41) is 3.13. The molecule has 1 aromatic heterocycles. The van der Waals surface area contributed by atoms with Crippen molar-refractivity contribution in [3.63, 3.8) is 0 Å². The quantitative estimate of drug-likeness (QED) is 0.834. The largest absolute Gasteiger partial charge is 0.346 e. The fraction of sp³-hybridized carbons (Fsp3) is 0.692. The molecule has 0 aromatic carbocycles. The second kappa shape index (κ2) is 5.36. The molecule has 0 spiro atoms. The summed E-state index contributed by atoms with van der Waals surface area (Å²) in [5.74, 6) is 0.268. The van der Waals surface area contributed by atoms with Gasteiger partial charge in [-0.3, -0.25) is 9.69 Å². The molecule has 100 valence electrons. The van der Waals surface area contributed by atoms with Gasteiger partial charge in [0.05, 0.1) is 0 Å². The van der Waals surface area contributed by atoms with E-state index in [0.717, 1.165) is 37.9 Å². The molecule has 0 aliphatic carbocycles. The van der Waals surface area contributed by atoms with Crippen molar-refractivity contribution in [1.82, 2.24) is 9.88 Å². The number of hydrogen-bond acceptors (Lipinski definition) is 5. The second-order valence-corrected chi connectivity index (χ2v) is 6.39. The number of aromatic nitrogens is 1. The van der Waals surface area contributed by atoms with Gasteiger partial charge in [0.15, 0.2) is 5.13 Å². The Morgan fingerprint density at radius 3 is 2.56 bits per heavy atom. The number of rotatable bonds is 4. The summed E-state index contributed by atoms with van der Waals surface area (Å²) < 4.78 is 0. The van der Waals surface area contributed by atoms with Crippen LogP contribution in [0, 0.1) is 5.41 Å². The Bertz CT molecular complexity index is 394. The molecule has 1 fully saturated rings. The van der Waals surface area contributed by atoms with Crippen LogP contribution in [0.2, 0.25) is 0 Å². The molecule has 0 unspecified atom stereocenters. The average molecular weight is 267 g/mol. The Morgan fingerprint density at radius 1 is 1.39 bits per heavy atom. The van der Waals surface area contributed by atoms with Crippen molar-refractivity contribution in [3.8, 4) is 0 Å². The highest BCUT2D eigenvalue weighted by molar-refractivity contribution is 7.13. The van der Waals surface area contributed by atoms with Crippen molar-refractivity contribution in [2.45, 2.75) is 20.8 Å². The van der Waals surface area contributed by atoms with Gasteiger partial charge >= 0.3 is 0 Å². The first-order valence-electron chi connectivity index (χ1n) is 6.37. The van der Waals surface area contributed by atoms with Gasteiger partial charge in [-0.1, -0.05) is 13.8 Å². The minimum Gasteiger partial charge on any atom is -0.346 e. The first-order valence-corrected chi connectivity index (χ1v) is 7.25. The molecule has 5 heteroatoms. The molecule has 1 aliphatic rings. The second-order valence-electron chi connectivity index (χ2n) is 5.52. The number of Topliss-reactive ketones (excluding diaryl/α,β-unsaturated/α-hetero) is 1. The van der Waals surface area contributed by atoms with Crippen molar-refractivity contribution in [1.29, 1.82) is 0 Å². The van der Waals surface area contributed by atoms with Crippen LogP contribution >= 0.6 is 11.3 Å². The summed E-state index contributed by atoms with van der Waals surface area (Å²) in [7, 11) is 0. The van der Waals surface area contributed by atoms with E-state index in [2.05, 4.69) is 14.8 Å². The lowest BCUT2D eigenvalue weighted by molar-refractivity contribution is -0.125. The Kier molecular flexibility index (Phi) is 4.02. The zero-order valence-corrected chi connectivity index (χ0v) is 12.2. The minimum absolute atomic E-state index is 0.233. The maximum Gasteiger partial charge on any atom is 0.185 e. The van der Waals surface area contributed by atoms with Gasteiger partial charge in [0, 0.05) is 49.7 Å². The topological polar surface area (TPSA) is 36.4 Å². The van der Waals surface area contributed by atoms with E-state index in [-0.39, 0.29) is 11.2 Å². The summed E-state index contributed by atoms with van der Waals surface area (Å²) in [4.78, 5) is 20.6. The summed E-state index contributed by atoms with van der Waals surface area (Å²) in [5.41, 5.74) is -0.233. The van der Waals surface area contributed by atoms with Crippen LogP contribution in [0.5, 0.6) is 0 Å². The first-order chi connectivity index (χ1) is 8.49. The van der Waals surface area contributed by atoms with Crippen LogP contribution in [0.25, 0.3) is 0 Å². The third-order valence-electron chi connectivity index (χ3n) is 3.63. The molecule has 0 saturated carbocycles. The average Bonchev–Trinajstić information content (AvgIpc) is 2.83. The molecule has 0 atom stereocenters. The predicted octanol–water partition coefficient (Wildman–Crippen LogP) is 1.88. The van der Waals surface area contributed by atoms with Crippen LogP contribution < -0.4 is 4.90 Å². The Balaban J connectivity index is 1.86. The fourth-order valence-corrected chi connectivity index (χ4v) is 2.84. The number of piperazine rings is 1. The maximum atomic E-state index is 11.5. The standard InChI is InChI=1S/C13H21N3OS/c1-11(17)13(2,3)10-15-5-7-16(8-6-15)12-14-4-9-18-12/h4,9H,5-8,10H2,1-3H3. The molecule has 2 rings (SSSR count). The van der Waals surface area contributed by atoms with Crippen LogP contribution in [0.15, 0.2) is 11.6 Å². The van der Waals surface area contributed by atoms with Gasteiger partial charge in [-0.25, -0.2) is 4.98 Å². The van der Waals surface area contributed by atoms with E-state index in [1.807, 2.05) is 25.4 Å². The molecular weight excluding hydrogens is 246 g/mol. The molecule has 1 saturated heterocycles. The number of carbonyl (C=O) groups excluding carboxylic acids is 1. The minimum atomic E-state index is -0.233. The smallest absolute Gasteiger partial charge is 0.185 e. The molecule has 4 nitrogen and oxygen atoms in total. The van der Waals surface area contributed by atoms with Crippen LogP contribution in [0.1, 0.15) is 20.8 Å². The van der Waals surface area contributed by atoms with Crippen molar-refractivity contribution < 1.29 is 4.79 Å². The van der Waals surface area contributed by atoms with E-state index in [1.165, 1.54) is 0 Å². The monoisotopic (exact) mass is 267 g/mol. The molecule has 0 N–H and O–H groups in total. The lowest BCUT2D eigenvalue weighted by atomic mass is 9.88. The number of nitrogens with zero attached hydrogens (tertiary/aromatic N) is 3. The highest BCUT2D eigenvalue weighted by Crippen LogP contribution is 2.22. The highest BCUT2D eigenvalue weighted by Gasteiger charge is 2.28. The normalized spacial score (nSPS) is 18.1. The van der Waals surface area contributed by atoms with Crippen molar-refractivity contribution in [3.05, 3.63) is 11.6 Å². The van der Waals surface area contributed by atoms with Crippen LogP contribution in [0.3, 0.4) is 0 Å². The SMILES string of the molecule is CC(=O)C(C)(C)CN1CCN(c2nccs2)CC1. The van der Waals surface area contributed by atoms with Crippen LogP contribution in [0.4, 0.5) is 5.13 Å². The van der Waals surface area contributed by atoms with Gasteiger partial charge in [-0.05, 0) is 6.92 Å². The van der Waals surface area contributed by atoms with Gasteiger partial charge in [-0.15, -0.1) is 11.3 Å². The maximum absolute atomic E-state index is 11.5. The number of carbonyl (C=O) groups is 1. The van der Waals surface area contributed by atoms with Crippen molar-refractivity contribution in [2.24, 2.45) is 5.41 Å². The molecule has 1 aliphatic heterocycles.